The minimum absolute atomic E-state index is 0.00653. The number of nitrogens with zero attached hydrogens (tertiary/aromatic N) is 3. The van der Waals surface area contributed by atoms with Gasteiger partial charge in [-0.1, -0.05) is 25.3 Å². The summed E-state index contributed by atoms with van der Waals surface area (Å²) in [7, 11) is 0. The lowest BCUT2D eigenvalue weighted by atomic mass is 9.89. The first kappa shape index (κ1) is 16.7. The zero-order valence-electron chi connectivity index (χ0n) is 14.1. The summed E-state index contributed by atoms with van der Waals surface area (Å²) in [5, 5.41) is 0. The molecule has 2 aliphatic rings. The topological polar surface area (TPSA) is 53.5 Å². The third-order valence-electron chi connectivity index (χ3n) is 4.95. The van der Waals surface area contributed by atoms with Crippen molar-refractivity contribution in [1.82, 2.24) is 14.8 Å². The van der Waals surface area contributed by atoms with Gasteiger partial charge in [-0.25, -0.2) is 0 Å². The molecule has 128 valence electrons. The van der Waals surface area contributed by atoms with Gasteiger partial charge >= 0.3 is 0 Å². The smallest absolute Gasteiger partial charge is 0.255 e. The van der Waals surface area contributed by atoms with Gasteiger partial charge in [0, 0.05) is 38.6 Å². The van der Waals surface area contributed by atoms with E-state index in [2.05, 4.69) is 11.1 Å². The Morgan fingerprint density at radius 3 is 2.42 bits per heavy atom. The number of rotatable bonds is 3. The molecular weight excluding hydrogens is 302 g/mol. The molecule has 5 heteroatoms. The van der Waals surface area contributed by atoms with Gasteiger partial charge in [-0.15, -0.1) is 0 Å². The molecule has 0 unspecified atom stereocenters. The molecule has 0 aromatic carbocycles. The summed E-state index contributed by atoms with van der Waals surface area (Å²) < 4.78 is 0. The predicted octanol–water partition coefficient (Wildman–Crippen LogP) is 2.50. The zero-order chi connectivity index (χ0) is 16.8. The molecule has 3 rings (SSSR count). The van der Waals surface area contributed by atoms with Crippen molar-refractivity contribution in [3.8, 4) is 0 Å². The van der Waals surface area contributed by atoms with Gasteiger partial charge in [0.05, 0.1) is 5.56 Å². The molecule has 1 aromatic heterocycles. The standard InChI is InChI=1S/C19H25N3O2/c23-18(9-8-16-5-2-1-3-6-16)21-11-13-22(14-12-21)19(24)17-7-4-10-20-15-17/h4,7-10,15-16H,1-3,5-6,11-14H2/b9-8+. The van der Waals surface area contributed by atoms with Crippen LogP contribution in [0.3, 0.4) is 0 Å². The summed E-state index contributed by atoms with van der Waals surface area (Å²) in [6.45, 7) is 2.35. The summed E-state index contributed by atoms with van der Waals surface area (Å²) in [6.07, 6.45) is 13.4. The van der Waals surface area contributed by atoms with E-state index in [1.54, 1.807) is 35.5 Å². The van der Waals surface area contributed by atoms with Crippen LogP contribution in [-0.2, 0) is 4.79 Å². The number of amides is 2. The zero-order valence-corrected chi connectivity index (χ0v) is 14.1. The summed E-state index contributed by atoms with van der Waals surface area (Å²) in [6, 6.07) is 3.54. The second-order valence-corrected chi connectivity index (χ2v) is 6.62. The Labute approximate surface area is 143 Å². The molecule has 0 spiro atoms. The van der Waals surface area contributed by atoms with Crippen LogP contribution in [-0.4, -0.2) is 52.8 Å². The molecule has 2 fully saturated rings. The second kappa shape index (κ2) is 8.08. The fourth-order valence-electron chi connectivity index (χ4n) is 3.45. The Balaban J connectivity index is 1.48. The summed E-state index contributed by atoms with van der Waals surface area (Å²) in [5.41, 5.74) is 0.606. The fourth-order valence-corrected chi connectivity index (χ4v) is 3.45. The van der Waals surface area contributed by atoms with Crippen LogP contribution in [0.15, 0.2) is 36.7 Å². The molecule has 1 aliphatic heterocycles. The molecule has 0 atom stereocenters. The maximum absolute atomic E-state index is 12.4. The van der Waals surface area contributed by atoms with Crippen LogP contribution < -0.4 is 0 Å². The minimum atomic E-state index is -0.00653. The van der Waals surface area contributed by atoms with Crippen molar-refractivity contribution < 1.29 is 9.59 Å². The Bertz CT molecular complexity index is 586. The molecule has 0 radical (unpaired) electrons. The Morgan fingerprint density at radius 1 is 1.04 bits per heavy atom. The van der Waals surface area contributed by atoms with E-state index in [0.29, 0.717) is 37.7 Å². The normalized spacial score (nSPS) is 19.7. The maximum Gasteiger partial charge on any atom is 0.255 e. The van der Waals surface area contributed by atoms with Crippen LogP contribution in [0, 0.1) is 5.92 Å². The first-order valence-electron chi connectivity index (χ1n) is 8.90. The van der Waals surface area contributed by atoms with Gasteiger partial charge < -0.3 is 9.80 Å². The van der Waals surface area contributed by atoms with Gasteiger partial charge in [-0.3, -0.25) is 14.6 Å². The van der Waals surface area contributed by atoms with Crippen molar-refractivity contribution in [2.45, 2.75) is 32.1 Å². The molecule has 0 bridgehead atoms. The average Bonchev–Trinajstić information content (AvgIpc) is 2.67. The molecule has 5 nitrogen and oxygen atoms in total. The van der Waals surface area contributed by atoms with E-state index in [0.717, 1.165) is 0 Å². The van der Waals surface area contributed by atoms with Gasteiger partial charge in [0.25, 0.3) is 5.91 Å². The number of hydrogen-bond acceptors (Lipinski definition) is 3. The molecule has 1 aromatic rings. The molecule has 1 saturated carbocycles. The van der Waals surface area contributed by atoms with Crippen molar-refractivity contribution >= 4 is 11.8 Å². The second-order valence-electron chi connectivity index (χ2n) is 6.62. The van der Waals surface area contributed by atoms with Gasteiger partial charge in [-0.05, 0) is 37.0 Å². The number of aromatic nitrogens is 1. The van der Waals surface area contributed by atoms with Crippen LogP contribution >= 0.6 is 0 Å². The summed E-state index contributed by atoms with van der Waals surface area (Å²) in [5.74, 6) is 0.637. The van der Waals surface area contributed by atoms with Crippen molar-refractivity contribution in [3.63, 3.8) is 0 Å². The number of hydrogen-bond donors (Lipinski definition) is 0. The molecule has 24 heavy (non-hydrogen) atoms. The molecule has 1 aliphatic carbocycles. The highest BCUT2D eigenvalue weighted by Gasteiger charge is 2.24. The molecule has 0 N–H and O–H groups in total. The first-order valence-corrected chi connectivity index (χ1v) is 8.90. The Hall–Kier alpha value is -2.17. The molecule has 2 amide bonds. The third-order valence-corrected chi connectivity index (χ3v) is 4.95. The highest BCUT2D eigenvalue weighted by Crippen LogP contribution is 2.24. The van der Waals surface area contributed by atoms with E-state index in [-0.39, 0.29) is 11.8 Å². The highest BCUT2D eigenvalue weighted by atomic mass is 16.2. The number of piperazine rings is 1. The monoisotopic (exact) mass is 327 g/mol. The Kier molecular flexibility index (Phi) is 5.62. The van der Waals surface area contributed by atoms with E-state index < -0.39 is 0 Å². The van der Waals surface area contributed by atoms with Crippen molar-refractivity contribution in [2.75, 3.05) is 26.2 Å². The van der Waals surface area contributed by atoms with Gasteiger partial charge in [0.2, 0.25) is 5.91 Å². The van der Waals surface area contributed by atoms with E-state index in [4.69, 9.17) is 0 Å². The van der Waals surface area contributed by atoms with Crippen LogP contribution in [0.25, 0.3) is 0 Å². The lowest BCUT2D eigenvalue weighted by Gasteiger charge is -2.34. The summed E-state index contributed by atoms with van der Waals surface area (Å²) in [4.78, 5) is 32.3. The maximum atomic E-state index is 12.4. The lowest BCUT2D eigenvalue weighted by Crippen LogP contribution is -2.50. The number of allylic oxidation sites excluding steroid dienone is 1. The van der Waals surface area contributed by atoms with Gasteiger partial charge in [0.15, 0.2) is 0 Å². The summed E-state index contributed by atoms with van der Waals surface area (Å²) >= 11 is 0. The Morgan fingerprint density at radius 2 is 1.75 bits per heavy atom. The number of pyridine rings is 1. The lowest BCUT2D eigenvalue weighted by molar-refractivity contribution is -0.127. The SMILES string of the molecule is O=C(/C=C/C1CCCCC1)N1CCN(C(=O)c2cccnc2)CC1. The number of carbonyl (C=O) groups excluding carboxylic acids is 2. The average molecular weight is 327 g/mol. The van der Waals surface area contributed by atoms with Crippen LogP contribution in [0.4, 0.5) is 0 Å². The van der Waals surface area contributed by atoms with E-state index in [1.165, 1.54) is 32.1 Å². The van der Waals surface area contributed by atoms with Crippen LogP contribution in [0.5, 0.6) is 0 Å². The molecular formula is C19H25N3O2. The predicted molar refractivity (Wildman–Crippen MR) is 92.4 cm³/mol. The third kappa shape index (κ3) is 4.22. The van der Waals surface area contributed by atoms with E-state index >= 15 is 0 Å². The first-order chi connectivity index (χ1) is 11.7. The highest BCUT2D eigenvalue weighted by molar-refractivity contribution is 5.94. The van der Waals surface area contributed by atoms with Crippen LogP contribution in [0.1, 0.15) is 42.5 Å². The largest absolute Gasteiger partial charge is 0.336 e. The quantitative estimate of drug-likeness (QED) is 0.802. The minimum Gasteiger partial charge on any atom is -0.336 e. The molecule has 2 heterocycles. The fraction of sp³-hybridized carbons (Fsp3) is 0.526. The van der Waals surface area contributed by atoms with Crippen molar-refractivity contribution in [2.24, 2.45) is 5.92 Å². The number of carbonyl (C=O) groups is 2. The van der Waals surface area contributed by atoms with Gasteiger partial charge in [-0.2, -0.15) is 0 Å². The van der Waals surface area contributed by atoms with Crippen molar-refractivity contribution in [3.05, 3.63) is 42.2 Å². The van der Waals surface area contributed by atoms with E-state index in [1.807, 2.05) is 4.90 Å². The molecule has 1 saturated heterocycles. The van der Waals surface area contributed by atoms with Crippen LogP contribution in [0.2, 0.25) is 0 Å². The van der Waals surface area contributed by atoms with E-state index in [9.17, 15) is 9.59 Å². The van der Waals surface area contributed by atoms with Gasteiger partial charge in [0.1, 0.15) is 0 Å². The van der Waals surface area contributed by atoms with Crippen molar-refractivity contribution in [1.29, 1.82) is 0 Å².